The minimum Gasteiger partial charge on any atom is -0.379 e. The molecule has 0 radical (unpaired) electrons. The van der Waals surface area contributed by atoms with E-state index in [0.29, 0.717) is 0 Å². The van der Waals surface area contributed by atoms with E-state index < -0.39 is 0 Å². The van der Waals surface area contributed by atoms with Gasteiger partial charge < -0.3 is 28.6 Å². The molecule has 1 aliphatic rings. The van der Waals surface area contributed by atoms with Gasteiger partial charge in [-0.05, 0) is 180 Å². The first-order chi connectivity index (χ1) is 47.1. The molecule has 0 aliphatic carbocycles. The zero-order chi connectivity index (χ0) is 68.4. The van der Waals surface area contributed by atoms with Gasteiger partial charge in [-0.1, -0.05) is 293 Å². The molecule has 0 aromatic carbocycles. The van der Waals surface area contributed by atoms with Gasteiger partial charge >= 0.3 is 0 Å². The Hall–Kier alpha value is -2.36. The van der Waals surface area contributed by atoms with Crippen LogP contribution < -0.4 is 0 Å². The summed E-state index contributed by atoms with van der Waals surface area (Å²) >= 11 is 0. The summed E-state index contributed by atoms with van der Waals surface area (Å²) in [7, 11) is 0. The fraction of sp³-hybridized carbons (Fsp3) is 0.818. The van der Waals surface area contributed by atoms with Crippen molar-refractivity contribution in [1.82, 2.24) is 9.80 Å². The predicted octanol–water partition coefficient (Wildman–Crippen LogP) is 26.5. The maximum Gasteiger partial charge on any atom is 0.0820 e. The van der Waals surface area contributed by atoms with Gasteiger partial charge in [0.05, 0.1) is 38.6 Å². The molecular weight excluding hydrogens is 1160 g/mol. The lowest BCUT2D eigenvalue weighted by Gasteiger charge is -2.28. The van der Waals surface area contributed by atoms with Crippen LogP contribution in [-0.2, 0) is 23.7 Å². The van der Waals surface area contributed by atoms with Gasteiger partial charge in [-0.25, -0.2) is 0 Å². The average Bonchev–Trinajstić information content (AvgIpc) is 3.64. The van der Waals surface area contributed by atoms with Gasteiger partial charge in [0.15, 0.2) is 0 Å². The fourth-order valence-corrected chi connectivity index (χ4v) is 11.9. The second kappa shape index (κ2) is 84.1. The van der Waals surface area contributed by atoms with E-state index in [2.05, 4.69) is 149 Å². The van der Waals surface area contributed by atoms with Crippen molar-refractivity contribution < 1.29 is 23.7 Å². The summed E-state index contributed by atoms with van der Waals surface area (Å²) in [6.45, 7) is 26.8. The van der Waals surface area contributed by atoms with Crippen molar-refractivity contribution in [1.29, 1.82) is 0 Å². The van der Waals surface area contributed by atoms with Gasteiger partial charge in [-0.2, -0.15) is 0 Å². The highest BCUT2D eigenvalue weighted by atomic mass is 16.5. The van der Waals surface area contributed by atoms with E-state index >= 15 is 0 Å². The van der Waals surface area contributed by atoms with Crippen LogP contribution in [0, 0.1) is 0 Å². The zero-order valence-corrected chi connectivity index (χ0v) is 64.6. The molecule has 0 saturated carbocycles. The molecule has 0 N–H and O–H groups in total. The highest BCUT2D eigenvalue weighted by Crippen LogP contribution is 2.16. The largest absolute Gasteiger partial charge is 0.379 e. The van der Waals surface area contributed by atoms with E-state index in [1.807, 2.05) is 0 Å². The molecule has 1 heterocycles. The summed E-state index contributed by atoms with van der Waals surface area (Å²) in [6.07, 6.45) is 102. The first-order valence-corrected chi connectivity index (χ1v) is 41.8. The van der Waals surface area contributed by atoms with Crippen molar-refractivity contribution in [3.63, 3.8) is 0 Å². The molecule has 1 aliphatic heterocycles. The number of nitrogens with zero attached hydrogens (tertiary/aromatic N) is 2. The Morgan fingerprint density at radius 3 is 0.863 bits per heavy atom. The molecule has 7 nitrogen and oxygen atoms in total. The summed E-state index contributed by atoms with van der Waals surface area (Å²) in [6, 6.07) is 0. The number of hydrogen-bond donors (Lipinski definition) is 0. The molecule has 0 aromatic heterocycles. The molecule has 2 atom stereocenters. The number of morpholine rings is 1. The number of rotatable bonds is 74. The van der Waals surface area contributed by atoms with Crippen LogP contribution in [0.1, 0.15) is 363 Å². The van der Waals surface area contributed by atoms with E-state index in [9.17, 15) is 0 Å². The van der Waals surface area contributed by atoms with Crippen LogP contribution in [0.15, 0.2) is 97.2 Å². The van der Waals surface area contributed by atoms with Gasteiger partial charge in [0, 0.05) is 52.6 Å². The van der Waals surface area contributed by atoms with Crippen molar-refractivity contribution in [2.45, 2.75) is 375 Å². The van der Waals surface area contributed by atoms with Crippen LogP contribution in [-0.4, -0.2) is 114 Å². The highest BCUT2D eigenvalue weighted by molar-refractivity contribution is 4.95. The maximum atomic E-state index is 6.38. The quantitative estimate of drug-likeness (QED) is 0.0444. The Morgan fingerprint density at radius 1 is 0.305 bits per heavy atom. The lowest BCUT2D eigenvalue weighted by Crippen LogP contribution is -2.38. The van der Waals surface area contributed by atoms with Gasteiger partial charge in [-0.3, -0.25) is 4.90 Å². The topological polar surface area (TPSA) is 52.6 Å². The summed E-state index contributed by atoms with van der Waals surface area (Å²) in [4.78, 5) is 5.02. The SMILES string of the molecule is CCCCCC=CCC=CCCCCCCCCOCC(CCN(CC)CC)OCCCCCCCCC=CCC=CCCCCC.CCCCCC=CCC=CCCCCCCCCOCC(CCN1CCOCC1)OCCCCCCCCC=CCC=CCCCCC. The van der Waals surface area contributed by atoms with Gasteiger partial charge in [0.1, 0.15) is 0 Å². The van der Waals surface area contributed by atoms with Crippen molar-refractivity contribution in [3.8, 4) is 0 Å². The highest BCUT2D eigenvalue weighted by Gasteiger charge is 2.16. The first kappa shape index (κ1) is 92.6. The molecule has 7 heteroatoms. The molecule has 1 fully saturated rings. The maximum absolute atomic E-state index is 6.38. The predicted molar refractivity (Wildman–Crippen MR) is 423 cm³/mol. The van der Waals surface area contributed by atoms with Gasteiger partial charge in [0.25, 0.3) is 0 Å². The van der Waals surface area contributed by atoms with E-state index in [1.165, 1.54) is 283 Å². The molecule has 0 bridgehead atoms. The Morgan fingerprint density at radius 2 is 0.568 bits per heavy atom. The van der Waals surface area contributed by atoms with E-state index in [4.69, 9.17) is 23.7 Å². The molecule has 95 heavy (non-hydrogen) atoms. The van der Waals surface area contributed by atoms with Crippen LogP contribution >= 0.6 is 0 Å². The Balaban J connectivity index is 0.00000186. The van der Waals surface area contributed by atoms with E-state index in [1.54, 1.807) is 0 Å². The summed E-state index contributed by atoms with van der Waals surface area (Å²) < 4.78 is 30.5. The molecule has 0 aromatic rings. The number of ether oxygens (including phenoxy) is 5. The number of unbranched alkanes of at least 4 members (excludes halogenated alkanes) is 36. The second-order valence-electron chi connectivity index (χ2n) is 27.5. The van der Waals surface area contributed by atoms with E-state index in [0.717, 1.165) is 131 Å². The Kier molecular flexibility index (Phi) is 82.0. The smallest absolute Gasteiger partial charge is 0.0820 e. The molecule has 2 unspecified atom stereocenters. The zero-order valence-electron chi connectivity index (χ0n) is 64.6. The fourth-order valence-electron chi connectivity index (χ4n) is 11.9. The van der Waals surface area contributed by atoms with Crippen LogP contribution in [0.25, 0.3) is 0 Å². The standard InChI is InChI=1S/C44H81NO3.C44H83NO2/c1-3-5-7-9-11-13-15-17-19-21-23-25-27-29-31-33-39-47-43-44(35-36-45-37-41-46-42-38-45)48-40-34-32-30-28-26-24-22-20-18-16-14-12-10-8-6-4-2;1-5-9-11-13-15-17-19-21-23-25-27-29-31-33-35-37-41-46-43-44(39-40-45(7-3)8-4)47-42-38-36-34-32-30-28-26-24-22-20-18-16-14-12-10-6-2/h11-14,17-20,44H,3-10,15-16,21-43H2,1-2H3;15-18,21-24,44H,5-14,19-20,25-43H2,1-4H3. The normalized spacial score (nSPS) is 14.2. The van der Waals surface area contributed by atoms with Crippen molar-refractivity contribution in [2.75, 3.05) is 92.1 Å². The van der Waals surface area contributed by atoms with Crippen molar-refractivity contribution >= 4 is 0 Å². The lowest BCUT2D eigenvalue weighted by molar-refractivity contribution is -0.0319. The lowest BCUT2D eigenvalue weighted by atomic mass is 10.1. The molecule has 1 saturated heterocycles. The van der Waals surface area contributed by atoms with Crippen molar-refractivity contribution in [3.05, 3.63) is 97.2 Å². The molecule has 556 valence electrons. The van der Waals surface area contributed by atoms with Gasteiger partial charge in [-0.15, -0.1) is 0 Å². The monoisotopic (exact) mass is 1330 g/mol. The van der Waals surface area contributed by atoms with Crippen LogP contribution in [0.4, 0.5) is 0 Å². The molecule has 0 spiro atoms. The molecule has 1 rings (SSSR count). The second-order valence-corrected chi connectivity index (χ2v) is 27.5. The van der Waals surface area contributed by atoms with E-state index in [-0.39, 0.29) is 12.2 Å². The number of allylic oxidation sites excluding steroid dienone is 16. The van der Waals surface area contributed by atoms with Crippen LogP contribution in [0.3, 0.4) is 0 Å². The summed E-state index contributed by atoms with van der Waals surface area (Å²) in [5.74, 6) is 0. The first-order valence-electron chi connectivity index (χ1n) is 41.8. The Labute approximate surface area is 594 Å². The molecular formula is C88H164N2O5. The summed E-state index contributed by atoms with van der Waals surface area (Å²) in [5.41, 5.74) is 0. The third kappa shape index (κ3) is 77.2. The van der Waals surface area contributed by atoms with Gasteiger partial charge in [0.2, 0.25) is 0 Å². The Bertz CT molecular complexity index is 1670. The van der Waals surface area contributed by atoms with Crippen LogP contribution in [0.2, 0.25) is 0 Å². The average molecular weight is 1330 g/mol. The minimum atomic E-state index is 0.218. The summed E-state index contributed by atoms with van der Waals surface area (Å²) in [5, 5.41) is 0. The van der Waals surface area contributed by atoms with Crippen LogP contribution in [0.5, 0.6) is 0 Å². The number of hydrogen-bond acceptors (Lipinski definition) is 7. The third-order valence-electron chi connectivity index (χ3n) is 18.5. The third-order valence-corrected chi connectivity index (χ3v) is 18.5. The van der Waals surface area contributed by atoms with Crippen molar-refractivity contribution in [2.24, 2.45) is 0 Å². The minimum absolute atomic E-state index is 0.218. The molecule has 0 amide bonds.